The molecule has 1 N–H and O–H groups in total. The molecule has 0 amide bonds. The van der Waals surface area contributed by atoms with Crippen molar-refractivity contribution in [2.24, 2.45) is 0 Å². The smallest absolute Gasteiger partial charge is 0.262 e. The minimum atomic E-state index is -3.32. The van der Waals surface area contributed by atoms with E-state index in [9.17, 15) is 23.6 Å². The lowest BCUT2D eigenvalue weighted by atomic mass is 10.1. The maximum atomic E-state index is 12.6. The predicted molar refractivity (Wildman–Crippen MR) is 95.2 cm³/mol. The summed E-state index contributed by atoms with van der Waals surface area (Å²) in [6.07, 6.45) is 1.39. The van der Waals surface area contributed by atoms with Crippen molar-refractivity contribution < 1.29 is 13.5 Å². The highest BCUT2D eigenvalue weighted by Crippen LogP contribution is 2.18. The molecule has 3 aromatic rings. The molecule has 26 heavy (non-hydrogen) atoms. The molecule has 3 rings (SSSR count). The van der Waals surface area contributed by atoms with E-state index in [2.05, 4.69) is 4.98 Å². The number of rotatable bonds is 4. The van der Waals surface area contributed by atoms with Gasteiger partial charge in [-0.05, 0) is 29.8 Å². The predicted octanol–water partition coefficient (Wildman–Crippen LogP) is 1.41. The highest BCUT2D eigenvalue weighted by molar-refractivity contribution is 7.90. The summed E-state index contributed by atoms with van der Waals surface area (Å²) in [6.45, 7) is -0.0697. The Hall–Kier alpha value is -3.02. The fraction of sp³-hybridized carbons (Fsp3) is 0.167. The van der Waals surface area contributed by atoms with Gasteiger partial charge in [-0.2, -0.15) is 5.26 Å². The second-order valence-corrected chi connectivity index (χ2v) is 7.89. The van der Waals surface area contributed by atoms with E-state index in [0.29, 0.717) is 11.1 Å². The number of nitrogens with zero attached hydrogens (tertiary/aromatic N) is 3. The first-order valence-corrected chi connectivity index (χ1v) is 9.57. The van der Waals surface area contributed by atoms with Gasteiger partial charge in [0.2, 0.25) is 0 Å². The fourth-order valence-electron chi connectivity index (χ4n) is 2.65. The molecule has 1 unspecified atom stereocenters. The molecule has 0 aliphatic rings. The van der Waals surface area contributed by atoms with Crippen LogP contribution in [0.1, 0.15) is 17.2 Å². The van der Waals surface area contributed by atoms with Crippen molar-refractivity contribution in [3.05, 3.63) is 70.3 Å². The molecule has 7 nitrogen and oxygen atoms in total. The van der Waals surface area contributed by atoms with Crippen LogP contribution >= 0.6 is 0 Å². The van der Waals surface area contributed by atoms with E-state index in [1.807, 2.05) is 6.07 Å². The molecule has 0 radical (unpaired) electrons. The number of aliphatic hydroxyl groups is 1. The molecule has 0 aliphatic carbocycles. The largest absolute Gasteiger partial charge is 0.387 e. The Morgan fingerprint density at radius 1 is 1.23 bits per heavy atom. The third kappa shape index (κ3) is 3.35. The third-order valence-electron chi connectivity index (χ3n) is 4.04. The Labute approximate surface area is 149 Å². The van der Waals surface area contributed by atoms with E-state index >= 15 is 0 Å². The van der Waals surface area contributed by atoms with E-state index in [1.54, 1.807) is 12.1 Å². The van der Waals surface area contributed by atoms with Gasteiger partial charge >= 0.3 is 0 Å². The Bertz CT molecular complexity index is 1180. The second-order valence-electron chi connectivity index (χ2n) is 5.87. The quantitative estimate of drug-likeness (QED) is 0.744. The van der Waals surface area contributed by atoms with E-state index in [1.165, 1.54) is 41.2 Å². The van der Waals surface area contributed by atoms with Crippen LogP contribution in [0, 0.1) is 11.3 Å². The minimum Gasteiger partial charge on any atom is -0.387 e. The summed E-state index contributed by atoms with van der Waals surface area (Å²) in [6, 6.07) is 12.6. The Morgan fingerprint density at radius 3 is 2.54 bits per heavy atom. The van der Waals surface area contributed by atoms with E-state index < -0.39 is 21.5 Å². The Balaban J connectivity index is 1.95. The van der Waals surface area contributed by atoms with Crippen LogP contribution in [0.25, 0.3) is 10.9 Å². The van der Waals surface area contributed by atoms with Crippen molar-refractivity contribution in [2.75, 3.05) is 6.26 Å². The molecule has 1 atom stereocenters. The Kier molecular flexibility index (Phi) is 4.59. The first-order chi connectivity index (χ1) is 12.3. The van der Waals surface area contributed by atoms with Gasteiger partial charge in [0.25, 0.3) is 5.56 Å². The number of hydrogen-bond donors (Lipinski definition) is 1. The number of nitriles is 1. The van der Waals surface area contributed by atoms with E-state index in [-0.39, 0.29) is 22.4 Å². The van der Waals surface area contributed by atoms with Crippen LogP contribution in [0.3, 0.4) is 0 Å². The van der Waals surface area contributed by atoms with Crippen molar-refractivity contribution in [3.63, 3.8) is 0 Å². The van der Waals surface area contributed by atoms with Crippen LogP contribution in [-0.4, -0.2) is 29.3 Å². The maximum absolute atomic E-state index is 12.6. The molecule has 8 heteroatoms. The van der Waals surface area contributed by atoms with Gasteiger partial charge in [-0.15, -0.1) is 0 Å². The SMILES string of the molecule is CS(=O)(=O)c1ccc(C(O)Cn2cnc3cccc(C#N)c3c2=O)cc1. The zero-order valence-electron chi connectivity index (χ0n) is 13.8. The number of aromatic nitrogens is 2. The van der Waals surface area contributed by atoms with Gasteiger partial charge < -0.3 is 5.11 Å². The lowest BCUT2D eigenvalue weighted by Crippen LogP contribution is -2.24. The molecular formula is C18H15N3O4S. The maximum Gasteiger partial charge on any atom is 0.262 e. The minimum absolute atomic E-state index is 0.0697. The van der Waals surface area contributed by atoms with E-state index in [0.717, 1.165) is 6.26 Å². The number of hydrogen-bond acceptors (Lipinski definition) is 6. The molecule has 0 saturated carbocycles. The molecule has 0 saturated heterocycles. The van der Waals surface area contributed by atoms with Crippen LogP contribution in [0.15, 0.2) is 58.5 Å². The summed E-state index contributed by atoms with van der Waals surface area (Å²) >= 11 is 0. The van der Waals surface area contributed by atoms with Crippen molar-refractivity contribution in [2.45, 2.75) is 17.5 Å². The van der Waals surface area contributed by atoms with Crippen LogP contribution in [0.4, 0.5) is 0 Å². The molecular weight excluding hydrogens is 354 g/mol. The Morgan fingerprint density at radius 2 is 1.92 bits per heavy atom. The van der Waals surface area contributed by atoms with E-state index in [4.69, 9.17) is 0 Å². The molecule has 2 aromatic carbocycles. The van der Waals surface area contributed by atoms with Crippen molar-refractivity contribution in [3.8, 4) is 6.07 Å². The number of aliphatic hydroxyl groups excluding tert-OH is 1. The average molecular weight is 369 g/mol. The normalized spacial score (nSPS) is 12.7. The van der Waals surface area contributed by atoms with Crippen LogP contribution < -0.4 is 5.56 Å². The summed E-state index contributed by atoms with van der Waals surface area (Å²) in [4.78, 5) is 17.0. The third-order valence-corrected chi connectivity index (χ3v) is 5.16. The molecule has 0 spiro atoms. The first kappa shape index (κ1) is 17.8. The zero-order chi connectivity index (χ0) is 18.9. The number of sulfone groups is 1. The van der Waals surface area contributed by atoms with Gasteiger partial charge in [0.05, 0.1) is 40.3 Å². The average Bonchev–Trinajstić information content (AvgIpc) is 2.63. The van der Waals surface area contributed by atoms with Crippen LogP contribution in [0.2, 0.25) is 0 Å². The number of fused-ring (bicyclic) bond motifs is 1. The molecule has 0 bridgehead atoms. The van der Waals surface area contributed by atoms with Crippen molar-refractivity contribution in [1.82, 2.24) is 9.55 Å². The lowest BCUT2D eigenvalue weighted by Gasteiger charge is -2.14. The summed E-state index contributed by atoms with van der Waals surface area (Å²) < 4.78 is 24.2. The number of benzene rings is 2. The topological polar surface area (TPSA) is 113 Å². The van der Waals surface area contributed by atoms with Gasteiger partial charge in [0.15, 0.2) is 9.84 Å². The summed E-state index contributed by atoms with van der Waals surface area (Å²) in [5.41, 5.74) is 0.690. The van der Waals surface area contributed by atoms with Gasteiger partial charge in [-0.25, -0.2) is 13.4 Å². The summed E-state index contributed by atoms with van der Waals surface area (Å²) in [7, 11) is -3.32. The monoisotopic (exact) mass is 369 g/mol. The molecule has 132 valence electrons. The molecule has 0 aliphatic heterocycles. The molecule has 1 heterocycles. The van der Waals surface area contributed by atoms with Gasteiger partial charge in [0, 0.05) is 6.26 Å². The first-order valence-electron chi connectivity index (χ1n) is 7.67. The van der Waals surface area contributed by atoms with Crippen LogP contribution in [0.5, 0.6) is 0 Å². The van der Waals surface area contributed by atoms with Crippen molar-refractivity contribution >= 4 is 20.7 Å². The lowest BCUT2D eigenvalue weighted by molar-refractivity contribution is 0.155. The highest BCUT2D eigenvalue weighted by Gasteiger charge is 2.14. The zero-order valence-corrected chi connectivity index (χ0v) is 14.6. The molecule has 1 aromatic heterocycles. The highest BCUT2D eigenvalue weighted by atomic mass is 32.2. The van der Waals surface area contributed by atoms with Gasteiger partial charge in [-0.3, -0.25) is 9.36 Å². The summed E-state index contributed by atoms with van der Waals surface area (Å²) in [5.74, 6) is 0. The summed E-state index contributed by atoms with van der Waals surface area (Å²) in [5, 5.41) is 19.8. The van der Waals surface area contributed by atoms with Crippen molar-refractivity contribution in [1.29, 1.82) is 5.26 Å². The van der Waals surface area contributed by atoms with Crippen LogP contribution in [-0.2, 0) is 16.4 Å². The molecule has 0 fully saturated rings. The standard InChI is InChI=1S/C18H15N3O4S/c1-26(24,25)14-7-5-12(6-8-14)16(22)10-21-11-20-15-4-2-3-13(9-19)17(15)18(21)23/h2-8,11,16,22H,10H2,1H3. The van der Waals surface area contributed by atoms with Gasteiger partial charge in [-0.1, -0.05) is 18.2 Å². The van der Waals surface area contributed by atoms with Gasteiger partial charge in [0.1, 0.15) is 6.07 Å². The fourth-order valence-corrected chi connectivity index (χ4v) is 3.28. The second kappa shape index (κ2) is 6.71.